The normalized spacial score (nSPS) is 14.7. The van der Waals surface area contributed by atoms with Gasteiger partial charge < -0.3 is 15.5 Å². The van der Waals surface area contributed by atoms with Crippen LogP contribution in [-0.2, 0) is 0 Å². The minimum atomic E-state index is -0.488. The molecule has 4 rings (SSSR count). The van der Waals surface area contributed by atoms with E-state index in [1.165, 1.54) is 24.3 Å². The van der Waals surface area contributed by atoms with Crippen LogP contribution >= 0.6 is 0 Å². The van der Waals surface area contributed by atoms with Crippen molar-refractivity contribution in [2.75, 3.05) is 18.0 Å². The first-order valence-corrected chi connectivity index (χ1v) is 11.7. The Balaban J connectivity index is 1.36. The molecule has 1 saturated heterocycles. The molecular weight excluding hydrogens is 444 g/mol. The fourth-order valence-corrected chi connectivity index (χ4v) is 4.31. The number of hydrogen-bond acceptors (Lipinski definition) is 5. The molecule has 0 radical (unpaired) electrons. The smallest absolute Gasteiger partial charge is 0.269 e. The summed E-state index contributed by atoms with van der Waals surface area (Å²) < 4.78 is 0. The summed E-state index contributed by atoms with van der Waals surface area (Å²) in [6, 6.07) is 22.9. The zero-order valence-electron chi connectivity index (χ0n) is 19.5. The van der Waals surface area contributed by atoms with Gasteiger partial charge in [0.15, 0.2) is 0 Å². The summed E-state index contributed by atoms with van der Waals surface area (Å²) in [5, 5.41) is 16.9. The van der Waals surface area contributed by atoms with E-state index in [9.17, 15) is 19.7 Å². The third-order valence-corrected chi connectivity index (χ3v) is 6.31. The quantitative estimate of drug-likeness (QED) is 0.390. The first-order chi connectivity index (χ1) is 16.9. The lowest BCUT2D eigenvalue weighted by molar-refractivity contribution is -0.384. The SMILES string of the molecule is C[C@H](NC(=O)c1ccccc1N1CCC(NC(=O)c2ccc([N+](=O)[O-])cc2)CC1)c1ccccc1. The molecule has 0 bridgehead atoms. The van der Waals surface area contributed by atoms with E-state index in [2.05, 4.69) is 15.5 Å². The minimum absolute atomic E-state index is 0.00645. The summed E-state index contributed by atoms with van der Waals surface area (Å²) in [5.41, 5.74) is 2.90. The van der Waals surface area contributed by atoms with Crippen LogP contribution in [0.2, 0.25) is 0 Å². The number of nitrogens with one attached hydrogen (secondary N) is 2. The number of rotatable bonds is 7. The molecular formula is C27H28N4O4. The van der Waals surface area contributed by atoms with Crippen molar-refractivity contribution in [3.05, 3.63) is 106 Å². The molecule has 180 valence electrons. The van der Waals surface area contributed by atoms with Gasteiger partial charge in [-0.25, -0.2) is 0 Å². The highest BCUT2D eigenvalue weighted by Crippen LogP contribution is 2.25. The first kappa shape index (κ1) is 23.9. The molecule has 0 saturated carbocycles. The Hall–Kier alpha value is -4.20. The van der Waals surface area contributed by atoms with E-state index in [4.69, 9.17) is 0 Å². The van der Waals surface area contributed by atoms with Crippen LogP contribution in [0.5, 0.6) is 0 Å². The zero-order chi connectivity index (χ0) is 24.8. The van der Waals surface area contributed by atoms with Crippen LogP contribution in [-0.4, -0.2) is 35.9 Å². The number of para-hydroxylation sites is 1. The molecule has 0 spiro atoms. The van der Waals surface area contributed by atoms with Crippen molar-refractivity contribution in [2.45, 2.75) is 31.8 Å². The van der Waals surface area contributed by atoms with Crippen molar-refractivity contribution < 1.29 is 14.5 Å². The van der Waals surface area contributed by atoms with Crippen LogP contribution in [0.3, 0.4) is 0 Å². The maximum Gasteiger partial charge on any atom is 0.269 e. The molecule has 1 fully saturated rings. The van der Waals surface area contributed by atoms with Gasteiger partial charge in [0.25, 0.3) is 17.5 Å². The number of carbonyl (C=O) groups excluding carboxylic acids is 2. The molecule has 1 heterocycles. The number of nitrogens with zero attached hydrogens (tertiary/aromatic N) is 2. The van der Waals surface area contributed by atoms with Crippen molar-refractivity contribution in [1.29, 1.82) is 0 Å². The Kier molecular flexibility index (Phi) is 7.40. The van der Waals surface area contributed by atoms with E-state index in [1.807, 2.05) is 61.5 Å². The largest absolute Gasteiger partial charge is 0.371 e. The van der Waals surface area contributed by atoms with Gasteiger partial charge in [0.05, 0.1) is 16.5 Å². The highest BCUT2D eigenvalue weighted by Gasteiger charge is 2.24. The van der Waals surface area contributed by atoms with Crippen LogP contribution in [0.4, 0.5) is 11.4 Å². The van der Waals surface area contributed by atoms with Gasteiger partial charge in [-0.05, 0) is 49.6 Å². The van der Waals surface area contributed by atoms with E-state index in [0.29, 0.717) is 24.2 Å². The van der Waals surface area contributed by atoms with Crippen LogP contribution < -0.4 is 15.5 Å². The summed E-state index contributed by atoms with van der Waals surface area (Å²) in [7, 11) is 0. The number of non-ortho nitro benzene ring substituents is 1. The van der Waals surface area contributed by atoms with Crippen LogP contribution in [0, 0.1) is 10.1 Å². The van der Waals surface area contributed by atoms with Gasteiger partial charge in [0, 0.05) is 42.5 Å². The maximum absolute atomic E-state index is 13.1. The maximum atomic E-state index is 13.1. The minimum Gasteiger partial charge on any atom is -0.371 e. The van der Waals surface area contributed by atoms with Gasteiger partial charge in [-0.3, -0.25) is 19.7 Å². The predicted molar refractivity (Wildman–Crippen MR) is 135 cm³/mol. The van der Waals surface area contributed by atoms with Gasteiger partial charge in [0.2, 0.25) is 0 Å². The summed E-state index contributed by atoms with van der Waals surface area (Å²) in [6.45, 7) is 3.36. The molecule has 1 atom stereocenters. The topological polar surface area (TPSA) is 105 Å². The summed E-state index contributed by atoms with van der Waals surface area (Å²) in [6.07, 6.45) is 1.46. The van der Waals surface area contributed by atoms with E-state index in [1.54, 1.807) is 0 Å². The molecule has 3 aromatic rings. The Morgan fingerprint density at radius 3 is 2.20 bits per heavy atom. The van der Waals surface area contributed by atoms with Crippen molar-refractivity contribution >= 4 is 23.2 Å². The second kappa shape index (κ2) is 10.8. The molecule has 3 aromatic carbocycles. The number of amides is 2. The molecule has 8 nitrogen and oxygen atoms in total. The van der Waals surface area contributed by atoms with Gasteiger partial charge in [0.1, 0.15) is 0 Å². The van der Waals surface area contributed by atoms with Gasteiger partial charge >= 0.3 is 0 Å². The lowest BCUT2D eigenvalue weighted by atomic mass is 10.0. The molecule has 0 aromatic heterocycles. The summed E-state index contributed by atoms with van der Waals surface area (Å²) in [4.78, 5) is 38.1. The van der Waals surface area contributed by atoms with Crippen molar-refractivity contribution in [2.24, 2.45) is 0 Å². The fourth-order valence-electron chi connectivity index (χ4n) is 4.31. The second-order valence-electron chi connectivity index (χ2n) is 8.66. The first-order valence-electron chi connectivity index (χ1n) is 11.7. The van der Waals surface area contributed by atoms with E-state index in [-0.39, 0.29) is 29.6 Å². The Morgan fingerprint density at radius 2 is 1.54 bits per heavy atom. The van der Waals surface area contributed by atoms with Crippen molar-refractivity contribution in [1.82, 2.24) is 10.6 Å². The number of benzene rings is 3. The number of piperidine rings is 1. The van der Waals surface area contributed by atoms with Gasteiger partial charge in [-0.1, -0.05) is 42.5 Å². The van der Waals surface area contributed by atoms with E-state index >= 15 is 0 Å². The average Bonchev–Trinajstić information content (AvgIpc) is 2.89. The second-order valence-corrected chi connectivity index (χ2v) is 8.66. The van der Waals surface area contributed by atoms with Crippen LogP contribution in [0.25, 0.3) is 0 Å². The molecule has 8 heteroatoms. The number of hydrogen-bond donors (Lipinski definition) is 2. The van der Waals surface area contributed by atoms with Crippen molar-refractivity contribution in [3.8, 4) is 0 Å². The van der Waals surface area contributed by atoms with E-state index < -0.39 is 4.92 Å². The zero-order valence-corrected chi connectivity index (χ0v) is 19.5. The number of nitro groups is 1. The monoisotopic (exact) mass is 472 g/mol. The lowest BCUT2D eigenvalue weighted by Crippen LogP contribution is -2.45. The predicted octanol–water partition coefficient (Wildman–Crippen LogP) is 4.48. The number of nitro benzene ring substituents is 1. The Bertz CT molecular complexity index is 1190. The van der Waals surface area contributed by atoms with Crippen LogP contribution in [0.15, 0.2) is 78.9 Å². The molecule has 0 aliphatic carbocycles. The Labute approximate surface area is 204 Å². The summed E-state index contributed by atoms with van der Waals surface area (Å²) >= 11 is 0. The standard InChI is InChI=1S/C27H28N4O4/c1-19(20-7-3-2-4-8-20)28-27(33)24-9-5-6-10-25(24)30-17-15-22(16-18-30)29-26(32)21-11-13-23(14-12-21)31(34)35/h2-14,19,22H,15-18H2,1H3,(H,28,33)(H,29,32)/t19-/m0/s1. The van der Waals surface area contributed by atoms with Crippen molar-refractivity contribution in [3.63, 3.8) is 0 Å². The third kappa shape index (κ3) is 5.84. The molecule has 1 aliphatic rings. The molecule has 1 aliphatic heterocycles. The fraction of sp³-hybridized carbons (Fsp3) is 0.259. The third-order valence-electron chi connectivity index (χ3n) is 6.31. The lowest BCUT2D eigenvalue weighted by Gasteiger charge is -2.35. The average molecular weight is 473 g/mol. The van der Waals surface area contributed by atoms with E-state index in [0.717, 1.165) is 24.1 Å². The number of carbonyl (C=O) groups is 2. The highest BCUT2D eigenvalue weighted by atomic mass is 16.6. The van der Waals surface area contributed by atoms with Gasteiger partial charge in [-0.2, -0.15) is 0 Å². The molecule has 2 amide bonds. The number of anilines is 1. The molecule has 0 unspecified atom stereocenters. The van der Waals surface area contributed by atoms with Gasteiger partial charge in [-0.15, -0.1) is 0 Å². The summed E-state index contributed by atoms with van der Waals surface area (Å²) in [5.74, 6) is -0.362. The molecule has 2 N–H and O–H groups in total. The molecule has 35 heavy (non-hydrogen) atoms. The highest BCUT2D eigenvalue weighted by molar-refractivity contribution is 6.00. The Morgan fingerprint density at radius 1 is 0.914 bits per heavy atom. The van der Waals surface area contributed by atoms with Crippen LogP contribution in [0.1, 0.15) is 52.1 Å².